The maximum absolute atomic E-state index is 13.2. The van der Waals surface area contributed by atoms with Crippen LogP contribution in [0.15, 0.2) is 66.9 Å². The molecule has 0 unspecified atom stereocenters. The van der Waals surface area contributed by atoms with E-state index in [2.05, 4.69) is 11.9 Å². The number of aromatic nitrogens is 1. The molecule has 0 aliphatic rings. The van der Waals surface area contributed by atoms with Crippen LogP contribution in [-0.2, 0) is 6.42 Å². The fourth-order valence-electron chi connectivity index (χ4n) is 3.61. The summed E-state index contributed by atoms with van der Waals surface area (Å²) in [5, 5.41) is 1.16. The lowest BCUT2D eigenvalue weighted by atomic mass is 9.85. The third-order valence-electron chi connectivity index (χ3n) is 5.53. The number of aryl methyl sites for hydroxylation is 1. The van der Waals surface area contributed by atoms with Crippen LogP contribution < -0.4 is 0 Å². The molecule has 0 saturated heterocycles. The molecule has 2 heterocycles. The molecule has 0 atom stereocenters. The minimum atomic E-state index is -4.23. The van der Waals surface area contributed by atoms with Crippen LogP contribution in [0.4, 0.5) is 13.2 Å². The number of hydrogen-bond donors (Lipinski definition) is 0. The van der Waals surface area contributed by atoms with Crippen LogP contribution in [0.3, 0.4) is 0 Å². The van der Waals surface area contributed by atoms with Crippen molar-refractivity contribution in [1.82, 2.24) is 4.98 Å². The highest BCUT2D eigenvalue weighted by atomic mass is 32.1. The Bertz CT molecular complexity index is 1170. The Morgan fingerprint density at radius 2 is 1.53 bits per heavy atom. The van der Waals surface area contributed by atoms with E-state index in [4.69, 9.17) is 0 Å². The highest BCUT2D eigenvalue weighted by Crippen LogP contribution is 2.43. The zero-order chi connectivity index (χ0) is 21.5. The number of nitrogens with zero attached hydrogens (tertiary/aromatic N) is 1. The van der Waals surface area contributed by atoms with Gasteiger partial charge < -0.3 is 0 Å². The summed E-state index contributed by atoms with van der Waals surface area (Å²) in [6.07, 6.45) is -2.44. The molecule has 5 heteroatoms. The van der Waals surface area contributed by atoms with Gasteiger partial charge in [0.05, 0.1) is 15.8 Å². The normalized spacial score (nSPS) is 12.5. The summed E-state index contributed by atoms with van der Waals surface area (Å²) in [6, 6.07) is 19.6. The Morgan fingerprint density at radius 1 is 0.867 bits per heavy atom. The fraction of sp³-hybridized carbons (Fsp3) is 0.240. The van der Waals surface area contributed by atoms with E-state index in [-0.39, 0.29) is 6.42 Å². The van der Waals surface area contributed by atoms with E-state index in [0.717, 1.165) is 37.3 Å². The van der Waals surface area contributed by atoms with Gasteiger partial charge in [-0.25, -0.2) is 0 Å². The number of fused-ring (bicyclic) bond motifs is 1. The van der Waals surface area contributed by atoms with E-state index in [1.54, 1.807) is 11.3 Å². The zero-order valence-corrected chi connectivity index (χ0v) is 17.9. The van der Waals surface area contributed by atoms with E-state index in [1.807, 2.05) is 66.9 Å². The molecule has 0 amide bonds. The zero-order valence-electron chi connectivity index (χ0n) is 17.0. The van der Waals surface area contributed by atoms with Gasteiger partial charge in [-0.1, -0.05) is 68.4 Å². The predicted molar refractivity (Wildman–Crippen MR) is 119 cm³/mol. The standard InChI is InChI=1S/C25H22F3NS/c1-16-20-13-14-29-21(18-7-5-4-6-8-18)23(20)30-22(16)19-11-9-17(10-12-19)15-24(2,3)25(26,27)28/h4-14H,15H2,1-3H3. The van der Waals surface area contributed by atoms with Crippen molar-refractivity contribution in [1.29, 1.82) is 0 Å². The van der Waals surface area contributed by atoms with E-state index in [1.165, 1.54) is 13.8 Å². The smallest absolute Gasteiger partial charge is 0.255 e. The lowest BCUT2D eigenvalue weighted by Gasteiger charge is -2.27. The van der Waals surface area contributed by atoms with Crippen LogP contribution >= 0.6 is 11.3 Å². The number of thiophene rings is 1. The number of alkyl halides is 3. The van der Waals surface area contributed by atoms with Crippen molar-refractivity contribution in [3.05, 3.63) is 78.0 Å². The van der Waals surface area contributed by atoms with Gasteiger partial charge in [-0.05, 0) is 41.5 Å². The van der Waals surface area contributed by atoms with Crippen molar-refractivity contribution in [2.45, 2.75) is 33.4 Å². The number of rotatable bonds is 4. The number of benzene rings is 2. The van der Waals surface area contributed by atoms with E-state index in [0.29, 0.717) is 5.56 Å². The molecule has 30 heavy (non-hydrogen) atoms. The summed E-state index contributed by atoms with van der Waals surface area (Å²) in [7, 11) is 0. The number of halogens is 3. The average Bonchev–Trinajstić information content (AvgIpc) is 3.05. The second-order valence-electron chi connectivity index (χ2n) is 8.21. The molecule has 0 N–H and O–H groups in total. The number of hydrogen-bond acceptors (Lipinski definition) is 2. The monoisotopic (exact) mass is 425 g/mol. The molecule has 0 bridgehead atoms. The second kappa shape index (κ2) is 7.55. The fourth-order valence-corrected chi connectivity index (χ4v) is 4.93. The Hall–Kier alpha value is -2.66. The SMILES string of the molecule is Cc1c(-c2ccc(CC(C)(C)C(F)(F)F)cc2)sc2c(-c3ccccc3)nccc12. The first-order valence-corrected chi connectivity index (χ1v) is 10.6. The summed E-state index contributed by atoms with van der Waals surface area (Å²) in [4.78, 5) is 5.73. The first-order valence-electron chi connectivity index (χ1n) is 9.77. The van der Waals surface area contributed by atoms with Crippen molar-refractivity contribution in [3.8, 4) is 21.7 Å². The highest BCUT2D eigenvalue weighted by molar-refractivity contribution is 7.23. The molecule has 0 saturated carbocycles. The van der Waals surface area contributed by atoms with Crippen LogP contribution in [0.25, 0.3) is 31.8 Å². The summed E-state index contributed by atoms with van der Waals surface area (Å²) in [5.41, 5.74) is 3.14. The van der Waals surface area contributed by atoms with Gasteiger partial charge in [-0.3, -0.25) is 4.98 Å². The van der Waals surface area contributed by atoms with Crippen molar-refractivity contribution in [3.63, 3.8) is 0 Å². The van der Waals surface area contributed by atoms with Crippen molar-refractivity contribution in [2.24, 2.45) is 5.41 Å². The molecular weight excluding hydrogens is 403 g/mol. The molecule has 2 aromatic heterocycles. The summed E-state index contributed by atoms with van der Waals surface area (Å²) in [5.74, 6) is 0. The largest absolute Gasteiger partial charge is 0.394 e. The molecule has 0 aliphatic carbocycles. The van der Waals surface area contributed by atoms with Gasteiger partial charge in [0.2, 0.25) is 0 Å². The minimum Gasteiger partial charge on any atom is -0.255 e. The summed E-state index contributed by atoms with van der Waals surface area (Å²) in [6.45, 7) is 4.58. The van der Waals surface area contributed by atoms with E-state index < -0.39 is 11.6 Å². The summed E-state index contributed by atoms with van der Waals surface area (Å²) >= 11 is 1.68. The molecule has 2 aromatic carbocycles. The average molecular weight is 426 g/mol. The second-order valence-corrected chi connectivity index (χ2v) is 9.23. The molecule has 4 aromatic rings. The van der Waals surface area contributed by atoms with Gasteiger partial charge in [-0.2, -0.15) is 13.2 Å². The topological polar surface area (TPSA) is 12.9 Å². The maximum atomic E-state index is 13.2. The third-order valence-corrected chi connectivity index (χ3v) is 6.89. The quantitative estimate of drug-likeness (QED) is 0.322. The van der Waals surface area contributed by atoms with Gasteiger partial charge in [0.25, 0.3) is 0 Å². The van der Waals surface area contributed by atoms with Gasteiger partial charge in [-0.15, -0.1) is 11.3 Å². The minimum absolute atomic E-state index is 0.0374. The first-order chi connectivity index (χ1) is 14.2. The Kier molecular flexibility index (Phi) is 5.18. The first kappa shape index (κ1) is 20.6. The predicted octanol–water partition coefficient (Wildman–Crippen LogP) is 8.07. The molecular formula is C25H22F3NS. The van der Waals surface area contributed by atoms with Crippen LogP contribution in [0.1, 0.15) is 25.0 Å². The van der Waals surface area contributed by atoms with E-state index in [9.17, 15) is 13.2 Å². The molecule has 0 aliphatic heterocycles. The van der Waals surface area contributed by atoms with Gasteiger partial charge >= 0.3 is 6.18 Å². The molecule has 1 nitrogen and oxygen atoms in total. The lowest BCUT2D eigenvalue weighted by molar-refractivity contribution is -0.211. The Labute approximate surface area is 178 Å². The molecule has 154 valence electrons. The van der Waals surface area contributed by atoms with Crippen LogP contribution in [0, 0.1) is 12.3 Å². The lowest BCUT2D eigenvalue weighted by Crippen LogP contribution is -2.34. The van der Waals surface area contributed by atoms with Gasteiger partial charge in [0, 0.05) is 16.6 Å². The van der Waals surface area contributed by atoms with Crippen molar-refractivity contribution >= 4 is 21.4 Å². The van der Waals surface area contributed by atoms with Gasteiger partial charge in [0.1, 0.15) is 0 Å². The highest BCUT2D eigenvalue weighted by Gasteiger charge is 2.46. The molecule has 0 radical (unpaired) electrons. The van der Waals surface area contributed by atoms with Gasteiger partial charge in [0.15, 0.2) is 0 Å². The van der Waals surface area contributed by atoms with Crippen LogP contribution in [0.5, 0.6) is 0 Å². The Balaban J connectivity index is 1.71. The van der Waals surface area contributed by atoms with Crippen LogP contribution in [0.2, 0.25) is 0 Å². The maximum Gasteiger partial charge on any atom is 0.394 e. The summed E-state index contributed by atoms with van der Waals surface area (Å²) < 4.78 is 40.7. The molecule has 0 fully saturated rings. The van der Waals surface area contributed by atoms with E-state index >= 15 is 0 Å². The Morgan fingerprint density at radius 3 is 2.17 bits per heavy atom. The molecule has 4 rings (SSSR count). The third kappa shape index (κ3) is 3.74. The molecule has 0 spiro atoms. The van der Waals surface area contributed by atoms with Crippen LogP contribution in [-0.4, -0.2) is 11.2 Å². The van der Waals surface area contributed by atoms with Crippen molar-refractivity contribution < 1.29 is 13.2 Å². The number of pyridine rings is 1. The van der Waals surface area contributed by atoms with Crippen molar-refractivity contribution in [2.75, 3.05) is 0 Å².